The highest BCUT2D eigenvalue weighted by Crippen LogP contribution is 2.27. The molecule has 0 heterocycles. The first-order chi connectivity index (χ1) is 6.03. The zero-order valence-electron chi connectivity index (χ0n) is 8.63. The fourth-order valence-electron chi connectivity index (χ4n) is 0.813. The van der Waals surface area contributed by atoms with Gasteiger partial charge in [0.2, 0.25) is 0 Å². The summed E-state index contributed by atoms with van der Waals surface area (Å²) in [6.07, 6.45) is 0. The monoisotopic (exact) mass is 170 g/mol. The summed E-state index contributed by atoms with van der Waals surface area (Å²) in [6, 6.07) is 7.42. The molecule has 1 aromatic carbocycles. The highest BCUT2D eigenvalue weighted by Gasteiger charge is 1.98. The first-order valence-electron chi connectivity index (χ1n) is 4.35. The summed E-state index contributed by atoms with van der Waals surface area (Å²) in [5.41, 5.74) is -1.27. The van der Waals surface area contributed by atoms with Gasteiger partial charge in [-0.25, -0.2) is 0 Å². The second kappa shape index (κ2) is 4.29. The highest BCUT2D eigenvalue weighted by atomic mass is 32.2. The van der Waals surface area contributed by atoms with E-state index in [1.54, 1.807) is 7.11 Å². The molecule has 60 valence electrons. The lowest BCUT2D eigenvalue weighted by Gasteiger charge is -2.04. The Morgan fingerprint density at radius 3 is 3.09 bits per heavy atom. The van der Waals surface area contributed by atoms with Gasteiger partial charge in [-0.3, -0.25) is 0 Å². The fourth-order valence-corrected chi connectivity index (χ4v) is 1.43. The first-order valence-corrected chi connectivity index (χ1v) is 4.16. The van der Waals surface area contributed by atoms with Crippen LogP contribution in [-0.2, 0) is 0 Å². The number of methoxy groups -OCH3 is 1. The van der Waals surface area contributed by atoms with Gasteiger partial charge in [0.1, 0.15) is 5.75 Å². The lowest BCUT2D eigenvalue weighted by Crippen LogP contribution is -1.84. The minimum atomic E-state index is -1.27. The summed E-state index contributed by atoms with van der Waals surface area (Å²) in [5.74, 6) is 0.721. The number of benzene rings is 1. The Labute approximate surface area is 74.6 Å². The van der Waals surface area contributed by atoms with Gasteiger partial charge in [-0.05, 0) is 17.8 Å². The topological polar surface area (TPSA) is 9.23 Å². The standard InChI is InChI=1S/C9H12OS/c1-3-11-9-7-5-4-6-8(9)10-2/h4-7H,3H2,1-2H3/i3+1DH/t3-/m1/s1. The second-order valence-corrected chi connectivity index (χ2v) is 3.01. The van der Waals surface area contributed by atoms with Crippen molar-refractivity contribution in [1.82, 2.24) is 0 Å². The molecule has 1 rings (SSSR count). The summed E-state index contributed by atoms with van der Waals surface area (Å²) in [7, 11) is 1.59. The minimum Gasteiger partial charge on any atom is -0.496 e. The predicted octanol–water partition coefficient (Wildman–Crippen LogP) is 2.81. The van der Waals surface area contributed by atoms with Gasteiger partial charge in [-0.15, -0.1) is 11.8 Å². The van der Waals surface area contributed by atoms with Crippen LogP contribution in [0.2, 0.25) is 0 Å². The van der Waals surface area contributed by atoms with Crippen LogP contribution < -0.4 is 4.74 Å². The molecule has 0 aliphatic heterocycles. The normalized spacial score (nSPS) is 18.0. The molecule has 0 amide bonds. The maximum atomic E-state index is 7.42. The Morgan fingerprint density at radius 1 is 1.73 bits per heavy atom. The highest BCUT2D eigenvalue weighted by molar-refractivity contribution is 7.99. The van der Waals surface area contributed by atoms with Gasteiger partial charge in [0, 0.05) is 7.64 Å². The van der Waals surface area contributed by atoms with E-state index in [-0.39, 0.29) is 0 Å². The Bertz CT molecular complexity index is 283. The van der Waals surface area contributed by atoms with Crippen molar-refractivity contribution in [1.29, 1.82) is 0 Å². The van der Waals surface area contributed by atoms with Gasteiger partial charge in [-0.2, -0.15) is 0 Å². The molecule has 0 bridgehead atoms. The lowest BCUT2D eigenvalue weighted by molar-refractivity contribution is 0.405. The SMILES string of the molecule is [1H][13C@@]([2H])(C)Sc1ccccc1OC. The molecule has 11 heavy (non-hydrogen) atoms. The zero-order valence-corrected chi connectivity index (χ0v) is 7.44. The number of thioether (sulfide) groups is 1. The van der Waals surface area contributed by atoms with E-state index >= 15 is 0 Å². The van der Waals surface area contributed by atoms with Crippen molar-refractivity contribution in [2.75, 3.05) is 12.8 Å². The van der Waals surface area contributed by atoms with Gasteiger partial charge >= 0.3 is 0 Å². The first kappa shape index (κ1) is 5.95. The Balaban J connectivity index is 2.87. The van der Waals surface area contributed by atoms with Crippen molar-refractivity contribution in [2.45, 2.75) is 11.8 Å². The van der Waals surface area contributed by atoms with E-state index in [1.165, 1.54) is 6.92 Å². The second-order valence-electron chi connectivity index (χ2n) is 1.96. The molecular weight excluding hydrogens is 157 g/mol. The van der Waals surface area contributed by atoms with E-state index in [1.807, 2.05) is 24.3 Å². The summed E-state index contributed by atoms with van der Waals surface area (Å²) in [4.78, 5) is 0.831. The number of ether oxygens (including phenoxy) is 1. The molecule has 0 saturated heterocycles. The van der Waals surface area contributed by atoms with Crippen molar-refractivity contribution >= 4 is 11.8 Å². The molecule has 0 radical (unpaired) electrons. The van der Waals surface area contributed by atoms with Crippen LogP contribution in [0.15, 0.2) is 29.2 Å². The summed E-state index contributed by atoms with van der Waals surface area (Å²) in [5, 5.41) is 0. The molecule has 0 spiro atoms. The summed E-state index contributed by atoms with van der Waals surface area (Å²) in [6.45, 7) is 1.53. The van der Waals surface area contributed by atoms with Crippen molar-refractivity contribution < 1.29 is 7.48 Å². The van der Waals surface area contributed by atoms with Gasteiger partial charge in [0.05, 0.1) is 7.11 Å². The lowest BCUT2D eigenvalue weighted by atomic mass is 10.3. The van der Waals surface area contributed by atoms with E-state index in [9.17, 15) is 0 Å². The molecule has 1 aromatic rings. The van der Waals surface area contributed by atoms with Crippen molar-refractivity contribution in [3.8, 4) is 5.75 Å². The molecule has 0 fully saturated rings. The summed E-state index contributed by atoms with van der Waals surface area (Å²) >= 11 is 1.16. The molecule has 0 aromatic heterocycles. The quantitative estimate of drug-likeness (QED) is 0.509. The average molecular weight is 170 g/mol. The van der Waals surface area contributed by atoms with Gasteiger partial charge in [-0.1, -0.05) is 19.1 Å². The number of hydrogen-bond donors (Lipinski definition) is 0. The van der Waals surface area contributed by atoms with Crippen LogP contribution in [0.25, 0.3) is 0 Å². The fraction of sp³-hybridized carbons (Fsp3) is 0.333. The number of rotatable bonds is 3. The van der Waals surface area contributed by atoms with Crippen LogP contribution >= 0.6 is 11.8 Å². The third-order valence-corrected chi connectivity index (χ3v) is 2.04. The molecule has 0 aliphatic carbocycles. The van der Waals surface area contributed by atoms with E-state index in [0.717, 1.165) is 22.4 Å². The average Bonchev–Trinajstić information content (AvgIpc) is 2.02. The third-order valence-electron chi connectivity index (χ3n) is 1.28. The molecule has 0 N–H and O–H groups in total. The molecule has 0 unspecified atom stereocenters. The molecular formula is C9H12OS. The van der Waals surface area contributed by atoms with E-state index in [0.29, 0.717) is 0 Å². The van der Waals surface area contributed by atoms with Crippen molar-refractivity contribution in [3.05, 3.63) is 24.3 Å². The Kier molecular flexibility index (Phi) is 2.32. The number of hydrogen-bond acceptors (Lipinski definition) is 2. The Morgan fingerprint density at radius 2 is 2.45 bits per heavy atom. The smallest absolute Gasteiger partial charge is 0.132 e. The molecule has 2 heteroatoms. The van der Waals surface area contributed by atoms with Gasteiger partial charge < -0.3 is 4.74 Å². The molecule has 1 atom stereocenters. The molecule has 1 nitrogen and oxygen atoms in total. The zero-order chi connectivity index (χ0) is 9.90. The third kappa shape index (κ3) is 2.15. The van der Waals surface area contributed by atoms with Crippen LogP contribution in [0.5, 0.6) is 5.75 Å². The predicted molar refractivity (Wildman–Crippen MR) is 49.4 cm³/mol. The molecule has 0 aliphatic rings. The van der Waals surface area contributed by atoms with E-state index < -0.39 is 5.70 Å². The van der Waals surface area contributed by atoms with Gasteiger partial charge in [0.25, 0.3) is 0 Å². The maximum absolute atomic E-state index is 7.42. The van der Waals surface area contributed by atoms with Crippen LogP contribution in [0, 0.1) is 0 Å². The molecule has 0 saturated carbocycles. The van der Waals surface area contributed by atoms with Crippen LogP contribution in [0.1, 0.15) is 9.67 Å². The number of para-hydroxylation sites is 1. The van der Waals surface area contributed by atoms with E-state index in [2.05, 4.69) is 0 Å². The Hall–Kier alpha value is -0.630. The van der Waals surface area contributed by atoms with Crippen molar-refractivity contribution in [3.63, 3.8) is 0 Å². The summed E-state index contributed by atoms with van der Waals surface area (Å²) < 4.78 is 19.9. The van der Waals surface area contributed by atoms with Crippen LogP contribution in [0.4, 0.5) is 0 Å². The van der Waals surface area contributed by atoms with Gasteiger partial charge in [0.15, 0.2) is 0 Å². The van der Waals surface area contributed by atoms with E-state index in [4.69, 9.17) is 7.48 Å². The maximum Gasteiger partial charge on any atom is 0.132 e. The van der Waals surface area contributed by atoms with Crippen LogP contribution in [-0.4, -0.2) is 12.8 Å². The largest absolute Gasteiger partial charge is 0.496 e. The minimum absolute atomic E-state index is 0.721. The van der Waals surface area contributed by atoms with Crippen molar-refractivity contribution in [2.24, 2.45) is 0 Å². The van der Waals surface area contributed by atoms with Crippen LogP contribution in [0.3, 0.4) is 0 Å².